The molecule has 2 aromatic rings. The van der Waals surface area contributed by atoms with Crippen LogP contribution in [0.4, 0.5) is 18.9 Å². The van der Waals surface area contributed by atoms with Gasteiger partial charge in [-0.15, -0.1) is 0 Å². The molecule has 2 rings (SSSR count). The van der Waals surface area contributed by atoms with E-state index in [2.05, 4.69) is 0 Å². The first-order valence-electron chi connectivity index (χ1n) is 7.07. The lowest BCUT2D eigenvalue weighted by atomic mass is 10.2. The molecule has 24 heavy (non-hydrogen) atoms. The first-order valence-corrected chi connectivity index (χ1v) is 8.55. The van der Waals surface area contributed by atoms with E-state index in [1.54, 1.807) is 4.90 Å². The van der Waals surface area contributed by atoms with Crippen LogP contribution in [-0.4, -0.2) is 32.2 Å². The molecule has 2 aromatic carbocycles. The smallest absolute Gasteiger partial charge is 0.395 e. The Hall–Kier alpha value is -2.06. The molecule has 0 aliphatic rings. The number of aliphatic hydroxyl groups is 1. The van der Waals surface area contributed by atoms with Gasteiger partial charge in [0.1, 0.15) is 0 Å². The van der Waals surface area contributed by atoms with Gasteiger partial charge in [-0.05, 0) is 29.8 Å². The van der Waals surface area contributed by atoms with Crippen molar-refractivity contribution in [3.8, 4) is 0 Å². The van der Waals surface area contributed by atoms with Crippen molar-refractivity contribution < 1.29 is 26.7 Å². The predicted octanol–water partition coefficient (Wildman–Crippen LogP) is 2.98. The predicted molar refractivity (Wildman–Crippen MR) is 84.3 cm³/mol. The van der Waals surface area contributed by atoms with Gasteiger partial charge in [0.25, 0.3) is 9.84 Å². The fourth-order valence-corrected chi connectivity index (χ4v) is 2.96. The van der Waals surface area contributed by atoms with Crippen molar-refractivity contribution in [2.45, 2.75) is 16.9 Å². The Morgan fingerprint density at radius 2 is 1.54 bits per heavy atom. The van der Waals surface area contributed by atoms with Crippen LogP contribution in [0.5, 0.6) is 0 Å². The minimum atomic E-state index is -5.36. The van der Waals surface area contributed by atoms with Crippen molar-refractivity contribution in [2.75, 3.05) is 18.1 Å². The summed E-state index contributed by atoms with van der Waals surface area (Å²) in [6.45, 7) is 0.558. The number of hydrogen-bond acceptors (Lipinski definition) is 4. The van der Waals surface area contributed by atoms with Crippen LogP contribution < -0.4 is 4.90 Å². The van der Waals surface area contributed by atoms with Crippen LogP contribution in [0.1, 0.15) is 5.56 Å². The highest BCUT2D eigenvalue weighted by Crippen LogP contribution is 2.31. The van der Waals surface area contributed by atoms with Crippen LogP contribution in [0.2, 0.25) is 0 Å². The normalized spacial score (nSPS) is 12.2. The zero-order valence-electron chi connectivity index (χ0n) is 12.6. The van der Waals surface area contributed by atoms with E-state index in [1.165, 1.54) is 12.1 Å². The average molecular weight is 359 g/mol. The minimum Gasteiger partial charge on any atom is -0.395 e. The fourth-order valence-electron chi connectivity index (χ4n) is 2.19. The molecule has 8 heteroatoms. The van der Waals surface area contributed by atoms with Gasteiger partial charge in [0.15, 0.2) is 0 Å². The maximum Gasteiger partial charge on any atom is 0.501 e. The fraction of sp³-hybridized carbons (Fsp3) is 0.250. The Labute approximate surface area is 138 Å². The SMILES string of the molecule is O=S(=O)(c1ccc(N(CCO)Cc2ccccc2)cc1)C(F)(F)F. The van der Waals surface area contributed by atoms with Gasteiger partial charge in [-0.1, -0.05) is 30.3 Å². The number of sulfone groups is 1. The molecule has 0 fully saturated rings. The first-order chi connectivity index (χ1) is 11.3. The summed E-state index contributed by atoms with van der Waals surface area (Å²) < 4.78 is 60.4. The molecule has 1 N–H and O–H groups in total. The first kappa shape index (κ1) is 18.3. The molecule has 0 spiro atoms. The Kier molecular flexibility index (Phi) is 5.51. The van der Waals surface area contributed by atoms with Crippen molar-refractivity contribution in [3.05, 3.63) is 60.2 Å². The zero-order valence-corrected chi connectivity index (χ0v) is 13.4. The molecule has 0 unspecified atom stereocenters. The van der Waals surface area contributed by atoms with E-state index in [0.29, 0.717) is 12.2 Å². The molecular weight excluding hydrogens is 343 g/mol. The van der Waals surface area contributed by atoms with E-state index in [4.69, 9.17) is 0 Å². The molecule has 0 radical (unpaired) electrons. The van der Waals surface area contributed by atoms with Crippen LogP contribution in [-0.2, 0) is 16.4 Å². The van der Waals surface area contributed by atoms with Crippen LogP contribution in [0, 0.1) is 0 Å². The van der Waals surface area contributed by atoms with Crippen molar-refractivity contribution in [3.63, 3.8) is 0 Å². The topological polar surface area (TPSA) is 57.6 Å². The monoisotopic (exact) mass is 359 g/mol. The Morgan fingerprint density at radius 1 is 0.958 bits per heavy atom. The Morgan fingerprint density at radius 3 is 2.04 bits per heavy atom. The summed E-state index contributed by atoms with van der Waals surface area (Å²) in [7, 11) is -5.36. The van der Waals surface area contributed by atoms with E-state index in [1.807, 2.05) is 30.3 Å². The zero-order chi connectivity index (χ0) is 17.8. The van der Waals surface area contributed by atoms with E-state index in [0.717, 1.165) is 17.7 Å². The van der Waals surface area contributed by atoms with Crippen LogP contribution in [0.3, 0.4) is 0 Å². The van der Waals surface area contributed by atoms with Gasteiger partial charge in [0.2, 0.25) is 0 Å². The van der Waals surface area contributed by atoms with Crippen LogP contribution in [0.25, 0.3) is 0 Å². The van der Waals surface area contributed by atoms with Gasteiger partial charge in [0, 0.05) is 18.8 Å². The molecule has 130 valence electrons. The largest absolute Gasteiger partial charge is 0.501 e. The second-order valence-corrected chi connectivity index (χ2v) is 7.02. The molecule has 0 saturated heterocycles. The van der Waals surface area contributed by atoms with E-state index < -0.39 is 20.2 Å². The molecule has 0 bridgehead atoms. The summed E-state index contributed by atoms with van der Waals surface area (Å²) in [4.78, 5) is 0.946. The molecular formula is C16H16F3NO3S. The number of halogens is 3. The molecule has 4 nitrogen and oxygen atoms in total. The summed E-state index contributed by atoms with van der Waals surface area (Å²) in [5, 5.41) is 9.18. The lowest BCUT2D eigenvalue weighted by Crippen LogP contribution is -2.26. The number of aliphatic hydroxyl groups excluding tert-OH is 1. The van der Waals surface area contributed by atoms with E-state index >= 15 is 0 Å². The summed E-state index contributed by atoms with van der Waals surface area (Å²) >= 11 is 0. The molecule has 0 aliphatic heterocycles. The van der Waals surface area contributed by atoms with Crippen molar-refractivity contribution in [1.82, 2.24) is 0 Å². The Balaban J connectivity index is 2.26. The number of nitrogens with zero attached hydrogens (tertiary/aromatic N) is 1. The van der Waals surface area contributed by atoms with Gasteiger partial charge in [-0.2, -0.15) is 13.2 Å². The second kappa shape index (κ2) is 7.23. The molecule has 0 heterocycles. The van der Waals surface area contributed by atoms with Crippen molar-refractivity contribution >= 4 is 15.5 Å². The quantitative estimate of drug-likeness (QED) is 0.862. The summed E-state index contributed by atoms with van der Waals surface area (Å²) in [5.74, 6) is 0. The van der Waals surface area contributed by atoms with Crippen LogP contribution >= 0.6 is 0 Å². The average Bonchev–Trinajstić information content (AvgIpc) is 2.54. The molecule has 0 aliphatic carbocycles. The highest BCUT2D eigenvalue weighted by molar-refractivity contribution is 7.92. The number of benzene rings is 2. The highest BCUT2D eigenvalue weighted by Gasteiger charge is 2.46. The highest BCUT2D eigenvalue weighted by atomic mass is 32.2. The Bertz CT molecular complexity index is 759. The minimum absolute atomic E-state index is 0.143. The van der Waals surface area contributed by atoms with Gasteiger partial charge in [0.05, 0.1) is 11.5 Å². The third-order valence-electron chi connectivity index (χ3n) is 3.40. The number of alkyl halides is 3. The van der Waals surface area contributed by atoms with Gasteiger partial charge in [-0.25, -0.2) is 8.42 Å². The van der Waals surface area contributed by atoms with Crippen molar-refractivity contribution in [2.24, 2.45) is 0 Å². The van der Waals surface area contributed by atoms with E-state index in [9.17, 15) is 26.7 Å². The van der Waals surface area contributed by atoms with Gasteiger partial charge >= 0.3 is 5.51 Å². The number of anilines is 1. The molecule has 0 aromatic heterocycles. The molecule has 0 amide bonds. The summed E-state index contributed by atoms with van der Waals surface area (Å²) in [6.07, 6.45) is 0. The number of hydrogen-bond donors (Lipinski definition) is 1. The maximum absolute atomic E-state index is 12.6. The summed E-state index contributed by atoms with van der Waals surface area (Å²) in [6, 6.07) is 13.8. The lowest BCUT2D eigenvalue weighted by Gasteiger charge is -2.24. The molecule has 0 atom stereocenters. The number of rotatable bonds is 6. The van der Waals surface area contributed by atoms with Crippen molar-refractivity contribution in [1.29, 1.82) is 0 Å². The lowest BCUT2D eigenvalue weighted by molar-refractivity contribution is -0.0436. The van der Waals surface area contributed by atoms with Gasteiger partial charge < -0.3 is 10.0 Å². The third-order valence-corrected chi connectivity index (χ3v) is 4.91. The third kappa shape index (κ3) is 4.07. The summed E-state index contributed by atoms with van der Waals surface area (Å²) in [5.41, 5.74) is -3.85. The van der Waals surface area contributed by atoms with Gasteiger partial charge in [-0.3, -0.25) is 0 Å². The molecule has 0 saturated carbocycles. The standard InChI is InChI=1S/C16H16F3NO3S/c17-16(18,19)24(22,23)15-8-6-14(7-9-15)20(10-11-21)12-13-4-2-1-3-5-13/h1-9,21H,10-12H2. The maximum atomic E-state index is 12.6. The van der Waals surface area contributed by atoms with Crippen LogP contribution in [0.15, 0.2) is 59.5 Å². The van der Waals surface area contributed by atoms with E-state index in [-0.39, 0.29) is 13.2 Å². The second-order valence-electron chi connectivity index (χ2n) is 5.07.